The third kappa shape index (κ3) is 2.27. The summed E-state index contributed by atoms with van der Waals surface area (Å²) in [5, 5.41) is 4.28. The molecule has 2 rings (SSSR count). The Morgan fingerprint density at radius 1 is 1.38 bits per heavy atom. The summed E-state index contributed by atoms with van der Waals surface area (Å²) in [6.45, 7) is 5.77. The lowest BCUT2D eigenvalue weighted by Crippen LogP contribution is -1.98. The highest BCUT2D eigenvalue weighted by molar-refractivity contribution is 7.22. The summed E-state index contributed by atoms with van der Waals surface area (Å²) in [6, 6.07) is 6.05. The standard InChI is InChI=1S/C12H16N2OS/c1-3-8-13-12-14-11-9(15-4-2)6-5-7-10(11)16-12/h5-7H,3-4,8H2,1-2H3,(H,13,14). The van der Waals surface area contributed by atoms with Crippen molar-refractivity contribution in [2.45, 2.75) is 20.3 Å². The summed E-state index contributed by atoms with van der Waals surface area (Å²) in [5.74, 6) is 0.876. The van der Waals surface area contributed by atoms with Crippen LogP contribution in [0.15, 0.2) is 18.2 Å². The molecule has 86 valence electrons. The van der Waals surface area contributed by atoms with Crippen molar-refractivity contribution >= 4 is 26.7 Å². The lowest BCUT2D eigenvalue weighted by atomic mass is 10.3. The maximum Gasteiger partial charge on any atom is 0.183 e. The van der Waals surface area contributed by atoms with Gasteiger partial charge in [-0.05, 0) is 25.5 Å². The van der Waals surface area contributed by atoms with Crippen molar-refractivity contribution in [2.75, 3.05) is 18.5 Å². The quantitative estimate of drug-likeness (QED) is 0.862. The Morgan fingerprint density at radius 2 is 2.25 bits per heavy atom. The van der Waals surface area contributed by atoms with Crippen LogP contribution in [0.4, 0.5) is 5.13 Å². The van der Waals surface area contributed by atoms with Crippen LogP contribution in [0.5, 0.6) is 5.75 Å². The van der Waals surface area contributed by atoms with Gasteiger partial charge < -0.3 is 10.1 Å². The summed E-state index contributed by atoms with van der Waals surface area (Å²) >= 11 is 1.68. The highest BCUT2D eigenvalue weighted by Crippen LogP contribution is 2.32. The summed E-state index contributed by atoms with van der Waals surface area (Å²) in [5.41, 5.74) is 0.966. The molecule has 0 aliphatic heterocycles. The molecule has 0 aliphatic rings. The van der Waals surface area contributed by atoms with Gasteiger partial charge in [0.2, 0.25) is 0 Å². The fourth-order valence-corrected chi connectivity index (χ4v) is 2.41. The number of nitrogens with zero attached hydrogens (tertiary/aromatic N) is 1. The number of para-hydroxylation sites is 1. The van der Waals surface area contributed by atoms with E-state index in [1.54, 1.807) is 11.3 Å². The zero-order valence-electron chi connectivity index (χ0n) is 9.62. The van der Waals surface area contributed by atoms with Gasteiger partial charge >= 0.3 is 0 Å². The lowest BCUT2D eigenvalue weighted by molar-refractivity contribution is 0.344. The Kier molecular flexibility index (Phi) is 3.62. The molecule has 0 spiro atoms. The second-order valence-electron chi connectivity index (χ2n) is 3.48. The zero-order valence-corrected chi connectivity index (χ0v) is 10.4. The summed E-state index contributed by atoms with van der Waals surface area (Å²) in [7, 11) is 0. The van der Waals surface area contributed by atoms with E-state index in [-0.39, 0.29) is 0 Å². The third-order valence-electron chi connectivity index (χ3n) is 2.21. The number of hydrogen-bond donors (Lipinski definition) is 1. The van der Waals surface area contributed by atoms with Crippen molar-refractivity contribution < 1.29 is 4.74 Å². The van der Waals surface area contributed by atoms with Crippen molar-refractivity contribution in [1.29, 1.82) is 0 Å². The minimum atomic E-state index is 0.675. The molecule has 0 saturated heterocycles. The Balaban J connectivity index is 2.32. The van der Waals surface area contributed by atoms with Crippen LogP contribution in [-0.4, -0.2) is 18.1 Å². The molecule has 1 aromatic carbocycles. The second kappa shape index (κ2) is 5.16. The van der Waals surface area contributed by atoms with Gasteiger partial charge in [-0.1, -0.05) is 24.3 Å². The maximum absolute atomic E-state index is 5.55. The number of nitrogens with one attached hydrogen (secondary N) is 1. The predicted octanol–water partition coefficient (Wildman–Crippen LogP) is 3.52. The van der Waals surface area contributed by atoms with E-state index < -0.39 is 0 Å². The van der Waals surface area contributed by atoms with Gasteiger partial charge in [0.1, 0.15) is 11.3 Å². The van der Waals surface area contributed by atoms with Gasteiger partial charge in [-0.25, -0.2) is 4.98 Å². The maximum atomic E-state index is 5.55. The first kappa shape index (κ1) is 11.2. The van der Waals surface area contributed by atoms with Gasteiger partial charge in [-0.3, -0.25) is 0 Å². The van der Waals surface area contributed by atoms with E-state index in [2.05, 4.69) is 23.3 Å². The molecular weight excluding hydrogens is 220 g/mol. The molecule has 1 aromatic heterocycles. The number of thiazole rings is 1. The average molecular weight is 236 g/mol. The third-order valence-corrected chi connectivity index (χ3v) is 3.19. The van der Waals surface area contributed by atoms with Crippen LogP contribution in [0, 0.1) is 0 Å². The van der Waals surface area contributed by atoms with E-state index in [4.69, 9.17) is 4.74 Å². The minimum Gasteiger partial charge on any atom is -0.492 e. The molecule has 1 N–H and O–H groups in total. The second-order valence-corrected chi connectivity index (χ2v) is 4.51. The Labute approximate surface area is 99.5 Å². The Morgan fingerprint density at radius 3 is 3.00 bits per heavy atom. The van der Waals surface area contributed by atoms with Crippen molar-refractivity contribution in [3.05, 3.63) is 18.2 Å². The predicted molar refractivity (Wildman–Crippen MR) is 69.6 cm³/mol. The normalized spacial score (nSPS) is 10.6. The molecule has 0 radical (unpaired) electrons. The van der Waals surface area contributed by atoms with Gasteiger partial charge in [0, 0.05) is 6.54 Å². The van der Waals surface area contributed by atoms with Crippen molar-refractivity contribution in [3.63, 3.8) is 0 Å². The van der Waals surface area contributed by atoms with Crippen LogP contribution in [0.1, 0.15) is 20.3 Å². The van der Waals surface area contributed by atoms with Gasteiger partial charge in [-0.2, -0.15) is 0 Å². The Hall–Kier alpha value is -1.29. The zero-order chi connectivity index (χ0) is 11.4. The average Bonchev–Trinajstić information content (AvgIpc) is 2.70. The molecule has 0 unspecified atom stereocenters. The lowest BCUT2D eigenvalue weighted by Gasteiger charge is -2.02. The summed E-state index contributed by atoms with van der Waals surface area (Å²) < 4.78 is 6.72. The van der Waals surface area contributed by atoms with Crippen molar-refractivity contribution in [1.82, 2.24) is 4.98 Å². The number of fused-ring (bicyclic) bond motifs is 1. The highest BCUT2D eigenvalue weighted by Gasteiger charge is 2.07. The van der Waals surface area contributed by atoms with Crippen LogP contribution < -0.4 is 10.1 Å². The monoisotopic (exact) mass is 236 g/mol. The number of ether oxygens (including phenoxy) is 1. The largest absolute Gasteiger partial charge is 0.492 e. The van der Waals surface area contributed by atoms with Crippen LogP contribution in [0.2, 0.25) is 0 Å². The first-order valence-corrected chi connectivity index (χ1v) is 6.43. The molecule has 0 aliphatic carbocycles. The number of hydrogen-bond acceptors (Lipinski definition) is 4. The Bertz CT molecular complexity index is 467. The van der Waals surface area contributed by atoms with Crippen molar-refractivity contribution in [2.24, 2.45) is 0 Å². The molecule has 2 aromatic rings. The first-order chi connectivity index (χ1) is 7.85. The molecule has 16 heavy (non-hydrogen) atoms. The van der Waals surface area contributed by atoms with Gasteiger partial charge in [0.05, 0.1) is 11.3 Å². The first-order valence-electron chi connectivity index (χ1n) is 5.61. The number of rotatable bonds is 5. The molecule has 3 nitrogen and oxygen atoms in total. The number of anilines is 1. The number of aromatic nitrogens is 1. The molecule has 0 bridgehead atoms. The molecule has 0 atom stereocenters. The smallest absolute Gasteiger partial charge is 0.183 e. The highest BCUT2D eigenvalue weighted by atomic mass is 32.1. The van der Waals surface area contributed by atoms with E-state index in [1.807, 2.05) is 19.1 Å². The van der Waals surface area contributed by atoms with E-state index in [9.17, 15) is 0 Å². The fraction of sp³-hybridized carbons (Fsp3) is 0.417. The van der Waals surface area contributed by atoms with Gasteiger partial charge in [-0.15, -0.1) is 0 Å². The molecule has 1 heterocycles. The van der Waals surface area contributed by atoms with Gasteiger partial charge in [0.15, 0.2) is 5.13 Å². The molecular formula is C12H16N2OS. The molecule has 0 saturated carbocycles. The summed E-state index contributed by atoms with van der Waals surface area (Å²) in [4.78, 5) is 4.55. The fourth-order valence-electron chi connectivity index (χ4n) is 1.50. The van der Waals surface area contributed by atoms with Crippen LogP contribution in [0.25, 0.3) is 10.2 Å². The van der Waals surface area contributed by atoms with E-state index >= 15 is 0 Å². The van der Waals surface area contributed by atoms with Gasteiger partial charge in [0.25, 0.3) is 0 Å². The number of benzene rings is 1. The van der Waals surface area contributed by atoms with E-state index in [0.717, 1.165) is 29.4 Å². The summed E-state index contributed by atoms with van der Waals surface area (Å²) in [6.07, 6.45) is 1.11. The minimum absolute atomic E-state index is 0.675. The van der Waals surface area contributed by atoms with Crippen molar-refractivity contribution in [3.8, 4) is 5.75 Å². The van der Waals surface area contributed by atoms with E-state index in [0.29, 0.717) is 6.61 Å². The SMILES string of the molecule is CCCNc1nc2c(OCC)cccc2s1. The van der Waals surface area contributed by atoms with E-state index in [1.165, 1.54) is 4.70 Å². The van der Waals surface area contributed by atoms with Crippen LogP contribution >= 0.6 is 11.3 Å². The molecule has 0 fully saturated rings. The van der Waals surface area contributed by atoms with Crippen LogP contribution in [0.3, 0.4) is 0 Å². The van der Waals surface area contributed by atoms with Crippen LogP contribution in [-0.2, 0) is 0 Å². The molecule has 4 heteroatoms. The molecule has 0 amide bonds. The topological polar surface area (TPSA) is 34.2 Å².